The lowest BCUT2D eigenvalue weighted by Crippen LogP contribution is -2.31. The maximum Gasteiger partial charge on any atom is 0.119 e. The minimum Gasteiger partial charge on any atom is -0.497 e. The van der Waals surface area contributed by atoms with Gasteiger partial charge in [-0.05, 0) is 67.8 Å². The Morgan fingerprint density at radius 2 is 2.11 bits per heavy atom. The van der Waals surface area contributed by atoms with Gasteiger partial charge in [0.25, 0.3) is 0 Å². The lowest BCUT2D eigenvalue weighted by atomic mass is 9.97. The van der Waals surface area contributed by atoms with Crippen LogP contribution in [0.4, 0.5) is 0 Å². The Bertz CT molecular complexity index is 452. The maximum absolute atomic E-state index is 5.33. The van der Waals surface area contributed by atoms with E-state index in [1.54, 1.807) is 7.11 Å². The van der Waals surface area contributed by atoms with Gasteiger partial charge in [-0.1, -0.05) is 22.4 Å². The molecule has 0 spiro atoms. The van der Waals surface area contributed by atoms with Gasteiger partial charge in [-0.25, -0.2) is 0 Å². The first-order valence-corrected chi connectivity index (χ1v) is 8.03. The molecular weight excluding hydrogens is 302 g/mol. The van der Waals surface area contributed by atoms with Crippen molar-refractivity contribution in [2.45, 2.75) is 31.7 Å². The molecule has 1 N–H and O–H groups in total. The molecular formula is C16H22BrNO. The van der Waals surface area contributed by atoms with Gasteiger partial charge in [0, 0.05) is 10.5 Å². The van der Waals surface area contributed by atoms with Crippen molar-refractivity contribution in [3.8, 4) is 5.75 Å². The highest BCUT2D eigenvalue weighted by atomic mass is 79.9. The topological polar surface area (TPSA) is 21.3 Å². The number of fused-ring (bicyclic) bond motifs is 1. The SMILES string of the molecule is CNC(Cc1cc(OC)ccc1Br)C1C2CCCC21. The summed E-state index contributed by atoms with van der Waals surface area (Å²) >= 11 is 3.66. The summed E-state index contributed by atoms with van der Waals surface area (Å²) in [6.07, 6.45) is 5.44. The number of rotatable bonds is 5. The van der Waals surface area contributed by atoms with Gasteiger partial charge in [0.05, 0.1) is 7.11 Å². The summed E-state index contributed by atoms with van der Waals surface area (Å²) in [5, 5.41) is 3.54. The second kappa shape index (κ2) is 5.45. The van der Waals surface area contributed by atoms with Gasteiger partial charge < -0.3 is 10.1 Å². The minimum atomic E-state index is 0.610. The zero-order valence-corrected chi connectivity index (χ0v) is 13.2. The van der Waals surface area contributed by atoms with Gasteiger partial charge in [0.1, 0.15) is 5.75 Å². The third kappa shape index (κ3) is 2.55. The van der Waals surface area contributed by atoms with E-state index in [-0.39, 0.29) is 0 Å². The van der Waals surface area contributed by atoms with Crippen LogP contribution in [0.5, 0.6) is 5.75 Å². The number of nitrogens with one attached hydrogen (secondary N) is 1. The molecule has 19 heavy (non-hydrogen) atoms. The van der Waals surface area contributed by atoms with Crippen molar-refractivity contribution >= 4 is 15.9 Å². The smallest absolute Gasteiger partial charge is 0.119 e. The van der Waals surface area contributed by atoms with Crippen LogP contribution in [0.3, 0.4) is 0 Å². The molecule has 0 bridgehead atoms. The summed E-state index contributed by atoms with van der Waals surface area (Å²) in [5.41, 5.74) is 1.35. The van der Waals surface area contributed by atoms with E-state index < -0.39 is 0 Å². The molecule has 0 heterocycles. The molecule has 0 radical (unpaired) electrons. The summed E-state index contributed by atoms with van der Waals surface area (Å²) < 4.78 is 6.53. The highest BCUT2D eigenvalue weighted by Crippen LogP contribution is 2.59. The van der Waals surface area contributed by atoms with E-state index in [4.69, 9.17) is 4.74 Å². The molecule has 2 nitrogen and oxygen atoms in total. The molecule has 3 heteroatoms. The van der Waals surface area contributed by atoms with E-state index in [2.05, 4.69) is 40.4 Å². The third-order valence-electron chi connectivity index (χ3n) is 5.00. The molecule has 0 amide bonds. The number of hydrogen-bond acceptors (Lipinski definition) is 2. The summed E-state index contributed by atoms with van der Waals surface area (Å²) in [5.74, 6) is 3.85. The molecule has 0 saturated heterocycles. The van der Waals surface area contributed by atoms with E-state index in [1.165, 1.54) is 29.3 Å². The minimum absolute atomic E-state index is 0.610. The molecule has 0 aromatic heterocycles. The van der Waals surface area contributed by atoms with Gasteiger partial charge in [-0.2, -0.15) is 0 Å². The zero-order chi connectivity index (χ0) is 13.4. The fourth-order valence-corrected chi connectivity index (χ4v) is 4.38. The second-order valence-corrected chi connectivity index (χ2v) is 6.75. The summed E-state index contributed by atoms with van der Waals surface area (Å²) in [4.78, 5) is 0. The number of likely N-dealkylation sites (N-methyl/N-ethyl adjacent to an activating group) is 1. The van der Waals surface area contributed by atoms with Gasteiger partial charge >= 0.3 is 0 Å². The van der Waals surface area contributed by atoms with Crippen LogP contribution in [0, 0.1) is 17.8 Å². The van der Waals surface area contributed by atoms with Gasteiger partial charge in [-0.3, -0.25) is 0 Å². The van der Waals surface area contributed by atoms with E-state index in [1.807, 2.05) is 6.07 Å². The molecule has 1 aromatic carbocycles. The van der Waals surface area contributed by atoms with Crippen molar-refractivity contribution in [1.82, 2.24) is 5.32 Å². The average Bonchev–Trinajstić information content (AvgIpc) is 2.90. The standard InChI is InChI=1S/C16H22BrNO/c1-18-15(16-12-4-3-5-13(12)16)9-10-8-11(19-2)6-7-14(10)17/h6-8,12-13,15-16,18H,3-5,9H2,1-2H3. The van der Waals surface area contributed by atoms with Gasteiger partial charge in [-0.15, -0.1) is 0 Å². The number of benzene rings is 1. The van der Waals surface area contributed by atoms with E-state index >= 15 is 0 Å². The van der Waals surface area contributed by atoms with Crippen molar-refractivity contribution in [2.75, 3.05) is 14.2 Å². The monoisotopic (exact) mass is 323 g/mol. The van der Waals surface area contributed by atoms with Crippen LogP contribution >= 0.6 is 15.9 Å². The molecule has 3 atom stereocenters. The summed E-state index contributed by atoms with van der Waals surface area (Å²) in [6.45, 7) is 0. The van der Waals surface area contributed by atoms with Crippen LogP contribution in [0.2, 0.25) is 0 Å². The zero-order valence-electron chi connectivity index (χ0n) is 11.7. The normalized spacial score (nSPS) is 29.9. The highest BCUT2D eigenvalue weighted by molar-refractivity contribution is 9.10. The molecule has 2 saturated carbocycles. The quantitative estimate of drug-likeness (QED) is 0.893. The van der Waals surface area contributed by atoms with Crippen LogP contribution < -0.4 is 10.1 Å². The van der Waals surface area contributed by atoms with Crippen molar-refractivity contribution in [3.63, 3.8) is 0 Å². The number of hydrogen-bond donors (Lipinski definition) is 1. The Morgan fingerprint density at radius 1 is 1.37 bits per heavy atom. The van der Waals surface area contributed by atoms with Crippen LogP contribution in [-0.4, -0.2) is 20.2 Å². The predicted molar refractivity (Wildman–Crippen MR) is 81.6 cm³/mol. The second-order valence-electron chi connectivity index (χ2n) is 5.89. The largest absolute Gasteiger partial charge is 0.497 e. The number of methoxy groups -OCH3 is 1. The lowest BCUT2D eigenvalue weighted by molar-refractivity contribution is 0.410. The fraction of sp³-hybridized carbons (Fsp3) is 0.625. The van der Waals surface area contributed by atoms with Crippen molar-refractivity contribution in [1.29, 1.82) is 0 Å². The Labute approximate surface area is 124 Å². The molecule has 2 aliphatic rings. The van der Waals surface area contributed by atoms with Crippen molar-refractivity contribution in [3.05, 3.63) is 28.2 Å². The Hall–Kier alpha value is -0.540. The predicted octanol–water partition coefficient (Wildman–Crippen LogP) is 3.63. The molecule has 0 aliphatic heterocycles. The first-order chi connectivity index (χ1) is 9.24. The Morgan fingerprint density at radius 3 is 2.74 bits per heavy atom. The first kappa shape index (κ1) is 13.4. The molecule has 2 fully saturated rings. The first-order valence-electron chi connectivity index (χ1n) is 7.24. The average molecular weight is 324 g/mol. The van der Waals surface area contributed by atoms with Crippen LogP contribution in [0.25, 0.3) is 0 Å². The highest BCUT2D eigenvalue weighted by Gasteiger charge is 2.55. The van der Waals surface area contributed by atoms with E-state index in [9.17, 15) is 0 Å². The van der Waals surface area contributed by atoms with Crippen LogP contribution in [0.1, 0.15) is 24.8 Å². The molecule has 3 unspecified atom stereocenters. The number of ether oxygens (including phenoxy) is 1. The van der Waals surface area contributed by atoms with E-state index in [0.29, 0.717) is 6.04 Å². The van der Waals surface area contributed by atoms with Crippen molar-refractivity contribution < 1.29 is 4.74 Å². The summed E-state index contributed by atoms with van der Waals surface area (Å²) in [6, 6.07) is 6.87. The Kier molecular flexibility index (Phi) is 3.86. The van der Waals surface area contributed by atoms with Crippen molar-refractivity contribution in [2.24, 2.45) is 17.8 Å². The third-order valence-corrected chi connectivity index (χ3v) is 5.77. The molecule has 2 aliphatic carbocycles. The molecule has 104 valence electrons. The molecule has 3 rings (SSSR count). The molecule has 1 aromatic rings. The maximum atomic E-state index is 5.33. The van der Waals surface area contributed by atoms with Crippen LogP contribution in [-0.2, 0) is 6.42 Å². The lowest BCUT2D eigenvalue weighted by Gasteiger charge is -2.19. The number of halogens is 1. The fourth-order valence-electron chi connectivity index (χ4n) is 3.98. The van der Waals surface area contributed by atoms with Gasteiger partial charge in [0.15, 0.2) is 0 Å². The van der Waals surface area contributed by atoms with Gasteiger partial charge in [0.2, 0.25) is 0 Å². The van der Waals surface area contributed by atoms with Crippen LogP contribution in [0.15, 0.2) is 22.7 Å². The Balaban J connectivity index is 1.72. The summed E-state index contributed by atoms with van der Waals surface area (Å²) in [7, 11) is 3.83. The van der Waals surface area contributed by atoms with E-state index in [0.717, 1.165) is 29.9 Å².